The molecule has 4 heteroatoms. The van der Waals surface area contributed by atoms with Gasteiger partial charge >= 0.3 is 0 Å². The number of nitrogens with two attached hydrogens (primary N) is 1. The Bertz CT molecular complexity index is 395. The van der Waals surface area contributed by atoms with Gasteiger partial charge in [-0.25, -0.2) is 4.39 Å². The van der Waals surface area contributed by atoms with E-state index in [9.17, 15) is 4.39 Å². The van der Waals surface area contributed by atoms with Gasteiger partial charge in [-0.15, -0.1) is 0 Å². The van der Waals surface area contributed by atoms with Crippen LogP contribution in [0.2, 0.25) is 0 Å². The maximum Gasteiger partial charge on any atom is 0.125 e. The van der Waals surface area contributed by atoms with Crippen molar-refractivity contribution in [2.45, 2.75) is 19.3 Å². The number of halogens is 1. The summed E-state index contributed by atoms with van der Waals surface area (Å²) in [5.41, 5.74) is 7.07. The van der Waals surface area contributed by atoms with Gasteiger partial charge in [0.15, 0.2) is 0 Å². The molecule has 0 aliphatic carbocycles. The van der Waals surface area contributed by atoms with E-state index in [-0.39, 0.29) is 5.82 Å². The lowest BCUT2D eigenvalue weighted by Gasteiger charge is -2.29. The van der Waals surface area contributed by atoms with E-state index in [2.05, 4.69) is 17.3 Å². The highest BCUT2D eigenvalue weighted by molar-refractivity contribution is 5.65. The van der Waals surface area contributed by atoms with E-state index < -0.39 is 0 Å². The van der Waals surface area contributed by atoms with E-state index in [1.165, 1.54) is 38.1 Å². The minimum Gasteiger partial charge on any atom is -0.397 e. The van der Waals surface area contributed by atoms with Gasteiger partial charge in [0.1, 0.15) is 5.82 Å². The Balaban J connectivity index is 1.77. The minimum absolute atomic E-state index is 0.285. The van der Waals surface area contributed by atoms with Crippen molar-refractivity contribution in [3.63, 3.8) is 0 Å². The summed E-state index contributed by atoms with van der Waals surface area (Å²) in [5, 5.41) is 3.29. The second kappa shape index (κ2) is 6.05. The van der Waals surface area contributed by atoms with Crippen LogP contribution in [0, 0.1) is 11.7 Å². The number of benzene rings is 1. The van der Waals surface area contributed by atoms with Crippen molar-refractivity contribution in [2.24, 2.45) is 5.92 Å². The van der Waals surface area contributed by atoms with Gasteiger partial charge in [-0.2, -0.15) is 0 Å². The monoisotopic (exact) mass is 251 g/mol. The quantitative estimate of drug-likeness (QED) is 0.808. The van der Waals surface area contributed by atoms with Gasteiger partial charge in [-0.1, -0.05) is 0 Å². The van der Waals surface area contributed by atoms with Crippen molar-refractivity contribution in [1.82, 2.24) is 4.90 Å². The molecule has 1 aliphatic heterocycles. The summed E-state index contributed by atoms with van der Waals surface area (Å²) in [6.07, 6.45) is 3.74. The van der Waals surface area contributed by atoms with Gasteiger partial charge in [-0.3, -0.25) is 0 Å². The lowest BCUT2D eigenvalue weighted by molar-refractivity contribution is 0.205. The number of anilines is 2. The highest BCUT2D eigenvalue weighted by Crippen LogP contribution is 2.21. The normalized spacial score (nSPS) is 20.9. The van der Waals surface area contributed by atoms with Crippen molar-refractivity contribution < 1.29 is 4.39 Å². The molecule has 1 aromatic carbocycles. The summed E-state index contributed by atoms with van der Waals surface area (Å²) >= 11 is 0. The third-order valence-corrected chi connectivity index (χ3v) is 3.60. The number of rotatable bonds is 4. The van der Waals surface area contributed by atoms with E-state index in [1.807, 2.05) is 0 Å². The molecule has 1 saturated heterocycles. The maximum atomic E-state index is 12.9. The molecule has 1 atom stereocenters. The zero-order valence-corrected chi connectivity index (χ0v) is 11.0. The fourth-order valence-corrected chi connectivity index (χ4v) is 2.61. The molecule has 0 bridgehead atoms. The average Bonchev–Trinajstić information content (AvgIpc) is 2.32. The first kappa shape index (κ1) is 13.1. The summed E-state index contributed by atoms with van der Waals surface area (Å²) in [4.78, 5) is 2.39. The Morgan fingerprint density at radius 3 is 3.06 bits per heavy atom. The van der Waals surface area contributed by atoms with Gasteiger partial charge in [0, 0.05) is 13.1 Å². The Kier molecular flexibility index (Phi) is 4.42. The smallest absolute Gasteiger partial charge is 0.125 e. The Hall–Kier alpha value is -1.29. The SMILES string of the molecule is CN1CCCC(CCNc2ccc(F)cc2N)C1. The Morgan fingerprint density at radius 2 is 2.33 bits per heavy atom. The Morgan fingerprint density at radius 1 is 1.50 bits per heavy atom. The fourth-order valence-electron chi connectivity index (χ4n) is 2.61. The van der Waals surface area contributed by atoms with Crippen LogP contribution in [0.3, 0.4) is 0 Å². The Labute approximate surface area is 108 Å². The van der Waals surface area contributed by atoms with Gasteiger partial charge < -0.3 is 16.0 Å². The summed E-state index contributed by atoms with van der Waals surface area (Å²) < 4.78 is 12.9. The summed E-state index contributed by atoms with van der Waals surface area (Å²) in [6, 6.07) is 4.50. The van der Waals surface area contributed by atoms with E-state index in [0.717, 1.165) is 24.6 Å². The predicted molar refractivity (Wildman–Crippen MR) is 74.1 cm³/mol. The van der Waals surface area contributed by atoms with E-state index >= 15 is 0 Å². The van der Waals surface area contributed by atoms with Gasteiger partial charge in [0.25, 0.3) is 0 Å². The highest BCUT2D eigenvalue weighted by Gasteiger charge is 2.16. The number of hydrogen-bond donors (Lipinski definition) is 2. The molecule has 2 rings (SSSR count). The number of nitrogens with one attached hydrogen (secondary N) is 1. The number of nitrogen functional groups attached to an aromatic ring is 1. The van der Waals surface area contributed by atoms with Gasteiger partial charge in [-0.05, 0) is 57.0 Å². The number of nitrogens with zero attached hydrogens (tertiary/aromatic N) is 1. The van der Waals surface area contributed by atoms with Crippen LogP contribution in [0.1, 0.15) is 19.3 Å². The van der Waals surface area contributed by atoms with Crippen LogP contribution in [-0.2, 0) is 0 Å². The van der Waals surface area contributed by atoms with Crippen LogP contribution in [0.15, 0.2) is 18.2 Å². The maximum absolute atomic E-state index is 12.9. The van der Waals surface area contributed by atoms with Crippen LogP contribution in [0.5, 0.6) is 0 Å². The van der Waals surface area contributed by atoms with Gasteiger partial charge in [0.2, 0.25) is 0 Å². The molecule has 1 fully saturated rings. The first-order valence-corrected chi connectivity index (χ1v) is 6.62. The molecule has 0 radical (unpaired) electrons. The molecule has 0 aromatic heterocycles. The van der Waals surface area contributed by atoms with Crippen LogP contribution < -0.4 is 11.1 Å². The zero-order chi connectivity index (χ0) is 13.0. The molecule has 3 nitrogen and oxygen atoms in total. The molecule has 1 aliphatic rings. The largest absolute Gasteiger partial charge is 0.397 e. The molecule has 100 valence electrons. The second-order valence-electron chi connectivity index (χ2n) is 5.22. The van der Waals surface area contributed by atoms with Crippen LogP contribution in [0.25, 0.3) is 0 Å². The van der Waals surface area contributed by atoms with E-state index in [0.29, 0.717) is 5.69 Å². The molecular weight excluding hydrogens is 229 g/mol. The predicted octanol–water partition coefficient (Wildman–Crippen LogP) is 2.55. The number of piperidine rings is 1. The lowest BCUT2D eigenvalue weighted by Crippen LogP contribution is -2.32. The molecule has 3 N–H and O–H groups in total. The van der Waals surface area contributed by atoms with E-state index in [1.54, 1.807) is 6.07 Å². The molecule has 0 amide bonds. The summed E-state index contributed by atoms with van der Waals surface area (Å²) in [5.74, 6) is 0.477. The first-order valence-electron chi connectivity index (χ1n) is 6.62. The van der Waals surface area contributed by atoms with Crippen LogP contribution in [0.4, 0.5) is 15.8 Å². The van der Waals surface area contributed by atoms with Gasteiger partial charge in [0.05, 0.1) is 11.4 Å². The third kappa shape index (κ3) is 3.60. The second-order valence-corrected chi connectivity index (χ2v) is 5.22. The van der Waals surface area contributed by atoms with Crippen LogP contribution in [-0.4, -0.2) is 31.6 Å². The molecular formula is C14H22FN3. The highest BCUT2D eigenvalue weighted by atomic mass is 19.1. The number of hydrogen-bond acceptors (Lipinski definition) is 3. The molecule has 18 heavy (non-hydrogen) atoms. The standard InChI is InChI=1S/C14H22FN3/c1-18-8-2-3-11(10-18)6-7-17-14-5-4-12(15)9-13(14)16/h4-5,9,11,17H,2-3,6-8,10,16H2,1H3. The van der Waals surface area contributed by atoms with E-state index in [4.69, 9.17) is 5.73 Å². The molecule has 1 heterocycles. The topological polar surface area (TPSA) is 41.3 Å². The van der Waals surface area contributed by atoms with Crippen molar-refractivity contribution in [3.05, 3.63) is 24.0 Å². The average molecular weight is 251 g/mol. The molecule has 1 aromatic rings. The van der Waals surface area contributed by atoms with Crippen molar-refractivity contribution >= 4 is 11.4 Å². The zero-order valence-electron chi connectivity index (χ0n) is 11.0. The molecule has 1 unspecified atom stereocenters. The van der Waals surface area contributed by atoms with Crippen molar-refractivity contribution in [1.29, 1.82) is 0 Å². The minimum atomic E-state index is -0.285. The summed E-state index contributed by atoms with van der Waals surface area (Å²) in [6.45, 7) is 3.30. The molecule has 0 saturated carbocycles. The summed E-state index contributed by atoms with van der Waals surface area (Å²) in [7, 11) is 2.18. The first-order chi connectivity index (χ1) is 8.65. The van der Waals surface area contributed by atoms with Crippen molar-refractivity contribution in [2.75, 3.05) is 37.7 Å². The van der Waals surface area contributed by atoms with Crippen LogP contribution >= 0.6 is 0 Å². The lowest BCUT2D eigenvalue weighted by atomic mass is 9.95. The fraction of sp³-hybridized carbons (Fsp3) is 0.571. The molecule has 0 spiro atoms. The third-order valence-electron chi connectivity index (χ3n) is 3.60. The number of likely N-dealkylation sites (tertiary alicyclic amines) is 1. The van der Waals surface area contributed by atoms with Crippen molar-refractivity contribution in [3.8, 4) is 0 Å².